The van der Waals surface area contributed by atoms with Crippen LogP contribution in [0.1, 0.15) is 60.2 Å². The summed E-state index contributed by atoms with van der Waals surface area (Å²) in [5, 5.41) is 2.93. The van der Waals surface area contributed by atoms with Gasteiger partial charge in [0.1, 0.15) is 0 Å². The highest BCUT2D eigenvalue weighted by Gasteiger charge is 2.19. The monoisotopic (exact) mass is 288 g/mol. The third kappa shape index (κ3) is 4.06. The second-order valence-electron chi connectivity index (χ2n) is 5.72. The van der Waals surface area contributed by atoms with E-state index in [1.165, 1.54) is 6.42 Å². The molecule has 1 aromatic carbocycles. The zero-order chi connectivity index (χ0) is 15.2. The van der Waals surface area contributed by atoms with Crippen molar-refractivity contribution in [2.75, 3.05) is 13.1 Å². The van der Waals surface area contributed by atoms with E-state index >= 15 is 0 Å². The minimum atomic E-state index is -0.113. The highest BCUT2D eigenvalue weighted by molar-refractivity contribution is 5.99. The second kappa shape index (κ2) is 7.25. The number of nitrogens with one attached hydrogen (secondary N) is 1. The summed E-state index contributed by atoms with van der Waals surface area (Å²) in [6, 6.07) is 7.16. The number of likely N-dealkylation sites (tertiary alicyclic amines) is 1. The molecule has 0 aliphatic carbocycles. The fraction of sp³-hybridized carbons (Fsp3) is 0.529. The summed E-state index contributed by atoms with van der Waals surface area (Å²) in [7, 11) is 0. The van der Waals surface area contributed by atoms with Gasteiger partial charge in [0.15, 0.2) is 0 Å². The molecule has 2 rings (SSSR count). The van der Waals surface area contributed by atoms with Crippen LogP contribution in [-0.2, 0) is 0 Å². The Morgan fingerprint density at radius 1 is 1.19 bits per heavy atom. The number of carbonyl (C=O) groups is 2. The number of rotatable bonds is 4. The normalized spacial score (nSPS) is 16.4. The van der Waals surface area contributed by atoms with Crippen LogP contribution < -0.4 is 5.32 Å². The lowest BCUT2D eigenvalue weighted by Gasteiger charge is -2.26. The molecule has 0 radical (unpaired) electrons. The minimum absolute atomic E-state index is 0.0351. The predicted molar refractivity (Wildman–Crippen MR) is 83.4 cm³/mol. The third-order valence-corrected chi connectivity index (χ3v) is 4.00. The molecular weight excluding hydrogens is 264 g/mol. The van der Waals surface area contributed by atoms with E-state index in [1.807, 2.05) is 18.7 Å². The molecule has 4 nitrogen and oxygen atoms in total. The van der Waals surface area contributed by atoms with Gasteiger partial charge in [0.05, 0.1) is 0 Å². The molecule has 114 valence electrons. The maximum Gasteiger partial charge on any atom is 0.253 e. The lowest BCUT2D eigenvalue weighted by Crippen LogP contribution is -2.36. The molecule has 21 heavy (non-hydrogen) atoms. The summed E-state index contributed by atoms with van der Waals surface area (Å²) in [5.74, 6) is -0.0782. The largest absolute Gasteiger partial charge is 0.350 e. The second-order valence-corrected chi connectivity index (χ2v) is 5.72. The first kappa shape index (κ1) is 15.5. The van der Waals surface area contributed by atoms with Crippen LogP contribution in [0.2, 0.25) is 0 Å². The molecule has 1 heterocycles. The van der Waals surface area contributed by atoms with Gasteiger partial charge in [-0.25, -0.2) is 0 Å². The molecule has 1 aliphatic rings. The van der Waals surface area contributed by atoms with Crippen molar-refractivity contribution in [3.8, 4) is 0 Å². The van der Waals surface area contributed by atoms with Gasteiger partial charge in [0, 0.05) is 30.3 Å². The molecule has 1 saturated heterocycles. The van der Waals surface area contributed by atoms with Crippen molar-refractivity contribution in [2.24, 2.45) is 0 Å². The van der Waals surface area contributed by atoms with E-state index in [1.54, 1.807) is 24.3 Å². The summed E-state index contributed by atoms with van der Waals surface area (Å²) in [6.07, 6.45) is 4.22. The van der Waals surface area contributed by atoms with Gasteiger partial charge in [-0.1, -0.05) is 13.0 Å². The molecule has 0 bridgehead atoms. The Morgan fingerprint density at radius 3 is 2.52 bits per heavy atom. The van der Waals surface area contributed by atoms with Gasteiger partial charge in [-0.3, -0.25) is 9.59 Å². The average molecular weight is 288 g/mol. The van der Waals surface area contributed by atoms with Crippen LogP contribution in [0, 0.1) is 0 Å². The molecule has 2 amide bonds. The Bertz CT molecular complexity index is 507. The number of carbonyl (C=O) groups excluding carboxylic acids is 2. The standard InChI is InChI=1S/C17H24N2O2/c1-3-13(2)18-16(20)14-8-7-9-15(12-14)17(21)19-10-5-4-6-11-19/h7-9,12-13H,3-6,10-11H2,1-2H3,(H,18,20). The number of hydrogen-bond donors (Lipinski definition) is 1. The molecule has 4 heteroatoms. The van der Waals surface area contributed by atoms with Crippen molar-refractivity contribution in [2.45, 2.75) is 45.6 Å². The van der Waals surface area contributed by atoms with E-state index < -0.39 is 0 Å². The topological polar surface area (TPSA) is 49.4 Å². The molecule has 1 atom stereocenters. The molecule has 1 aliphatic heterocycles. The van der Waals surface area contributed by atoms with Crippen LogP contribution >= 0.6 is 0 Å². The number of hydrogen-bond acceptors (Lipinski definition) is 2. The fourth-order valence-corrected chi connectivity index (χ4v) is 2.48. The lowest BCUT2D eigenvalue weighted by molar-refractivity contribution is 0.0724. The Kier molecular flexibility index (Phi) is 5.37. The first-order chi connectivity index (χ1) is 10.1. The summed E-state index contributed by atoms with van der Waals surface area (Å²) < 4.78 is 0. The van der Waals surface area contributed by atoms with Crippen LogP contribution in [0.5, 0.6) is 0 Å². The zero-order valence-corrected chi connectivity index (χ0v) is 12.9. The smallest absolute Gasteiger partial charge is 0.253 e. The minimum Gasteiger partial charge on any atom is -0.350 e. The highest BCUT2D eigenvalue weighted by atomic mass is 16.2. The van der Waals surface area contributed by atoms with Crippen molar-refractivity contribution < 1.29 is 9.59 Å². The van der Waals surface area contributed by atoms with Gasteiger partial charge < -0.3 is 10.2 Å². The van der Waals surface area contributed by atoms with Crippen molar-refractivity contribution in [3.05, 3.63) is 35.4 Å². The quantitative estimate of drug-likeness (QED) is 0.926. The molecule has 0 saturated carbocycles. The molecule has 1 fully saturated rings. The molecule has 1 unspecified atom stereocenters. The Morgan fingerprint density at radius 2 is 1.86 bits per heavy atom. The van der Waals surface area contributed by atoms with Crippen molar-refractivity contribution in [3.63, 3.8) is 0 Å². The van der Waals surface area contributed by atoms with Gasteiger partial charge in [0.2, 0.25) is 0 Å². The van der Waals surface area contributed by atoms with E-state index in [4.69, 9.17) is 0 Å². The Balaban J connectivity index is 2.09. The van der Waals surface area contributed by atoms with E-state index in [9.17, 15) is 9.59 Å². The van der Waals surface area contributed by atoms with Gasteiger partial charge in [-0.15, -0.1) is 0 Å². The average Bonchev–Trinajstić information content (AvgIpc) is 2.55. The Labute approximate surface area is 126 Å². The van der Waals surface area contributed by atoms with Crippen LogP contribution in [0.4, 0.5) is 0 Å². The number of piperidine rings is 1. The first-order valence-corrected chi connectivity index (χ1v) is 7.82. The maximum absolute atomic E-state index is 12.4. The summed E-state index contributed by atoms with van der Waals surface area (Å²) in [4.78, 5) is 26.5. The van der Waals surface area contributed by atoms with Crippen molar-refractivity contribution in [1.82, 2.24) is 10.2 Å². The number of benzene rings is 1. The zero-order valence-electron chi connectivity index (χ0n) is 12.9. The fourth-order valence-electron chi connectivity index (χ4n) is 2.48. The molecular formula is C17H24N2O2. The summed E-state index contributed by atoms with van der Waals surface area (Å²) in [5.41, 5.74) is 1.16. The SMILES string of the molecule is CCC(C)NC(=O)c1cccc(C(=O)N2CCCCC2)c1. The van der Waals surface area contributed by atoms with Gasteiger partial charge in [-0.2, -0.15) is 0 Å². The van der Waals surface area contributed by atoms with Gasteiger partial charge in [-0.05, 0) is 50.8 Å². The third-order valence-electron chi connectivity index (χ3n) is 4.00. The van der Waals surface area contributed by atoms with Crippen molar-refractivity contribution >= 4 is 11.8 Å². The van der Waals surface area contributed by atoms with Gasteiger partial charge in [0.25, 0.3) is 11.8 Å². The summed E-state index contributed by atoms with van der Waals surface area (Å²) >= 11 is 0. The lowest BCUT2D eigenvalue weighted by atomic mass is 10.1. The van der Waals surface area contributed by atoms with Gasteiger partial charge >= 0.3 is 0 Å². The van der Waals surface area contributed by atoms with E-state index in [0.717, 1.165) is 32.4 Å². The molecule has 1 N–H and O–H groups in total. The first-order valence-electron chi connectivity index (χ1n) is 7.82. The maximum atomic E-state index is 12.4. The number of amides is 2. The summed E-state index contributed by atoms with van der Waals surface area (Å²) in [6.45, 7) is 5.64. The van der Waals surface area contributed by atoms with Crippen LogP contribution in [0.15, 0.2) is 24.3 Å². The molecule has 0 aromatic heterocycles. The molecule has 1 aromatic rings. The predicted octanol–water partition coefficient (Wildman–Crippen LogP) is 2.84. The Hall–Kier alpha value is -1.84. The van der Waals surface area contributed by atoms with Crippen molar-refractivity contribution in [1.29, 1.82) is 0 Å². The van der Waals surface area contributed by atoms with E-state index in [0.29, 0.717) is 11.1 Å². The number of nitrogens with zero attached hydrogens (tertiary/aromatic N) is 1. The van der Waals surface area contributed by atoms with E-state index in [-0.39, 0.29) is 17.9 Å². The van der Waals surface area contributed by atoms with Crippen LogP contribution in [-0.4, -0.2) is 35.8 Å². The van der Waals surface area contributed by atoms with Crippen LogP contribution in [0.25, 0.3) is 0 Å². The van der Waals surface area contributed by atoms with E-state index in [2.05, 4.69) is 5.32 Å². The highest BCUT2D eigenvalue weighted by Crippen LogP contribution is 2.14. The molecule has 0 spiro atoms. The van der Waals surface area contributed by atoms with Crippen LogP contribution in [0.3, 0.4) is 0 Å².